The Hall–Kier alpha value is -2.50. The molecule has 0 saturated heterocycles. The SMILES string of the molecule is CCc1ccc(NC(=O)c2ccn(COc3c(Cl)cccc3Cl)n2)cc1. The fourth-order valence-corrected chi connectivity index (χ4v) is 2.83. The fourth-order valence-electron chi connectivity index (χ4n) is 2.32. The molecule has 0 aliphatic rings. The van der Waals surface area contributed by atoms with Crippen molar-refractivity contribution in [3.63, 3.8) is 0 Å². The summed E-state index contributed by atoms with van der Waals surface area (Å²) in [6, 6.07) is 14.4. The molecular formula is C19H17Cl2N3O2. The van der Waals surface area contributed by atoms with E-state index in [9.17, 15) is 4.79 Å². The average molecular weight is 390 g/mol. The van der Waals surface area contributed by atoms with E-state index < -0.39 is 0 Å². The van der Waals surface area contributed by atoms with E-state index >= 15 is 0 Å². The molecule has 0 spiro atoms. The van der Waals surface area contributed by atoms with Crippen LogP contribution in [0.15, 0.2) is 54.7 Å². The zero-order valence-corrected chi connectivity index (χ0v) is 15.6. The Morgan fingerprint density at radius 2 is 1.81 bits per heavy atom. The van der Waals surface area contributed by atoms with E-state index in [4.69, 9.17) is 27.9 Å². The van der Waals surface area contributed by atoms with Gasteiger partial charge < -0.3 is 10.1 Å². The molecule has 0 unspecified atom stereocenters. The predicted molar refractivity (Wildman–Crippen MR) is 103 cm³/mol. The Kier molecular flexibility index (Phi) is 5.81. The summed E-state index contributed by atoms with van der Waals surface area (Å²) in [6.07, 6.45) is 2.61. The van der Waals surface area contributed by atoms with Crippen LogP contribution >= 0.6 is 23.2 Å². The van der Waals surface area contributed by atoms with E-state index in [1.165, 1.54) is 10.2 Å². The maximum Gasteiger partial charge on any atom is 0.276 e. The Bertz CT molecular complexity index is 887. The van der Waals surface area contributed by atoms with Gasteiger partial charge in [-0.2, -0.15) is 5.10 Å². The van der Waals surface area contributed by atoms with Crippen LogP contribution in [0.1, 0.15) is 23.0 Å². The van der Waals surface area contributed by atoms with Gasteiger partial charge in [0.1, 0.15) is 0 Å². The molecule has 1 N–H and O–H groups in total. The van der Waals surface area contributed by atoms with Gasteiger partial charge in [0, 0.05) is 11.9 Å². The third-order valence-electron chi connectivity index (χ3n) is 3.75. The first-order valence-corrected chi connectivity index (χ1v) is 8.83. The van der Waals surface area contributed by atoms with Gasteiger partial charge in [0.05, 0.1) is 10.0 Å². The lowest BCUT2D eigenvalue weighted by molar-refractivity contribution is 0.102. The molecule has 0 saturated carbocycles. The molecule has 1 amide bonds. The van der Waals surface area contributed by atoms with E-state index in [2.05, 4.69) is 17.3 Å². The number of nitrogens with zero attached hydrogens (tertiary/aromatic N) is 2. The third-order valence-corrected chi connectivity index (χ3v) is 4.35. The highest BCUT2D eigenvalue weighted by Gasteiger charge is 2.11. The maximum absolute atomic E-state index is 12.3. The minimum Gasteiger partial charge on any atom is -0.468 e. The molecule has 1 aromatic heterocycles. The number of carbonyl (C=O) groups is 1. The molecule has 5 nitrogen and oxygen atoms in total. The van der Waals surface area contributed by atoms with E-state index in [0.717, 1.165) is 12.1 Å². The first-order chi connectivity index (χ1) is 12.6. The van der Waals surface area contributed by atoms with Crippen molar-refractivity contribution in [1.29, 1.82) is 0 Å². The summed E-state index contributed by atoms with van der Waals surface area (Å²) in [5, 5.41) is 7.85. The molecule has 0 radical (unpaired) electrons. The second kappa shape index (κ2) is 8.25. The van der Waals surface area contributed by atoms with E-state index in [0.29, 0.717) is 21.5 Å². The molecule has 26 heavy (non-hydrogen) atoms. The van der Waals surface area contributed by atoms with Crippen molar-refractivity contribution in [1.82, 2.24) is 9.78 Å². The maximum atomic E-state index is 12.3. The molecule has 3 aromatic rings. The molecule has 0 fully saturated rings. The molecule has 7 heteroatoms. The van der Waals surface area contributed by atoms with Gasteiger partial charge >= 0.3 is 0 Å². The molecule has 0 bridgehead atoms. The number of halogens is 2. The van der Waals surface area contributed by atoms with Gasteiger partial charge in [-0.3, -0.25) is 4.79 Å². The van der Waals surface area contributed by atoms with Gasteiger partial charge in [0.2, 0.25) is 0 Å². The molecule has 3 rings (SSSR count). The normalized spacial score (nSPS) is 10.6. The Labute approximate surface area is 161 Å². The zero-order valence-electron chi connectivity index (χ0n) is 14.1. The monoisotopic (exact) mass is 389 g/mol. The number of para-hydroxylation sites is 1. The predicted octanol–water partition coefficient (Wildman–Crippen LogP) is 5.04. The fraction of sp³-hybridized carbons (Fsp3) is 0.158. The van der Waals surface area contributed by atoms with E-state index in [-0.39, 0.29) is 12.6 Å². The number of hydrogen-bond acceptors (Lipinski definition) is 3. The van der Waals surface area contributed by atoms with Crippen molar-refractivity contribution < 1.29 is 9.53 Å². The molecule has 0 aliphatic carbocycles. The summed E-state index contributed by atoms with van der Waals surface area (Å²) in [4.78, 5) is 12.3. The van der Waals surface area contributed by atoms with Crippen molar-refractivity contribution in [2.24, 2.45) is 0 Å². The van der Waals surface area contributed by atoms with E-state index in [1.807, 2.05) is 24.3 Å². The van der Waals surface area contributed by atoms with Crippen molar-refractivity contribution in [2.45, 2.75) is 20.1 Å². The van der Waals surface area contributed by atoms with Gasteiger partial charge in [-0.25, -0.2) is 4.68 Å². The van der Waals surface area contributed by atoms with Crippen LogP contribution in [-0.4, -0.2) is 15.7 Å². The van der Waals surface area contributed by atoms with Gasteiger partial charge in [-0.1, -0.05) is 48.3 Å². The quantitative estimate of drug-likeness (QED) is 0.642. The highest BCUT2D eigenvalue weighted by molar-refractivity contribution is 6.37. The highest BCUT2D eigenvalue weighted by atomic mass is 35.5. The minimum atomic E-state index is -0.288. The second-order valence-electron chi connectivity index (χ2n) is 5.57. The van der Waals surface area contributed by atoms with Crippen LogP contribution in [0.2, 0.25) is 10.0 Å². The Morgan fingerprint density at radius 1 is 1.12 bits per heavy atom. The molecule has 0 atom stereocenters. The summed E-state index contributed by atoms with van der Waals surface area (Å²) in [6.45, 7) is 2.17. The number of aromatic nitrogens is 2. The van der Waals surface area contributed by atoms with Crippen LogP contribution in [0.3, 0.4) is 0 Å². The first kappa shape index (κ1) is 18.3. The highest BCUT2D eigenvalue weighted by Crippen LogP contribution is 2.32. The number of carbonyl (C=O) groups excluding carboxylic acids is 1. The van der Waals surface area contributed by atoms with Crippen molar-refractivity contribution in [2.75, 3.05) is 5.32 Å². The molecule has 2 aromatic carbocycles. The summed E-state index contributed by atoms with van der Waals surface area (Å²) >= 11 is 12.1. The lowest BCUT2D eigenvalue weighted by Crippen LogP contribution is -2.14. The van der Waals surface area contributed by atoms with Crippen LogP contribution in [0.25, 0.3) is 0 Å². The number of hydrogen-bond donors (Lipinski definition) is 1. The second-order valence-corrected chi connectivity index (χ2v) is 6.38. The lowest BCUT2D eigenvalue weighted by Gasteiger charge is -2.09. The Balaban J connectivity index is 1.62. The number of amides is 1. The number of nitrogens with one attached hydrogen (secondary N) is 1. The smallest absolute Gasteiger partial charge is 0.276 e. The van der Waals surface area contributed by atoms with Crippen LogP contribution in [0, 0.1) is 0 Å². The summed E-state index contributed by atoms with van der Waals surface area (Å²) < 4.78 is 7.09. The molecule has 134 valence electrons. The summed E-state index contributed by atoms with van der Waals surface area (Å²) in [5.41, 5.74) is 2.22. The average Bonchev–Trinajstić information content (AvgIpc) is 3.11. The van der Waals surface area contributed by atoms with Crippen molar-refractivity contribution in [3.05, 3.63) is 76.0 Å². The van der Waals surface area contributed by atoms with Gasteiger partial charge in [-0.15, -0.1) is 0 Å². The summed E-state index contributed by atoms with van der Waals surface area (Å²) in [5.74, 6) is 0.0946. The molecule has 1 heterocycles. The number of aryl methyl sites for hydroxylation is 1. The van der Waals surface area contributed by atoms with Crippen LogP contribution in [0.5, 0.6) is 5.75 Å². The van der Waals surface area contributed by atoms with Crippen LogP contribution in [-0.2, 0) is 13.2 Å². The number of anilines is 1. The Morgan fingerprint density at radius 3 is 2.46 bits per heavy atom. The molecular weight excluding hydrogens is 373 g/mol. The van der Waals surface area contributed by atoms with Crippen LogP contribution < -0.4 is 10.1 Å². The topological polar surface area (TPSA) is 56.2 Å². The van der Waals surface area contributed by atoms with Crippen molar-refractivity contribution in [3.8, 4) is 5.75 Å². The molecule has 0 aliphatic heterocycles. The van der Waals surface area contributed by atoms with Gasteiger partial charge in [-0.05, 0) is 42.3 Å². The minimum absolute atomic E-state index is 0.0852. The largest absolute Gasteiger partial charge is 0.468 e. The van der Waals surface area contributed by atoms with Gasteiger partial charge in [0.15, 0.2) is 18.2 Å². The number of benzene rings is 2. The first-order valence-electron chi connectivity index (χ1n) is 8.07. The summed E-state index contributed by atoms with van der Waals surface area (Å²) in [7, 11) is 0. The zero-order chi connectivity index (χ0) is 18.5. The third kappa shape index (κ3) is 4.36. The lowest BCUT2D eigenvalue weighted by atomic mass is 10.1. The van der Waals surface area contributed by atoms with E-state index in [1.54, 1.807) is 30.5 Å². The van der Waals surface area contributed by atoms with Gasteiger partial charge in [0.25, 0.3) is 5.91 Å². The standard InChI is InChI=1S/C19H17Cl2N3O2/c1-2-13-6-8-14(9-7-13)22-19(25)17-10-11-24(23-17)12-26-18-15(20)4-3-5-16(18)21/h3-11H,2,12H2,1H3,(H,22,25). The number of ether oxygens (including phenoxy) is 1. The van der Waals surface area contributed by atoms with Crippen molar-refractivity contribution >= 4 is 34.8 Å². The number of rotatable bonds is 6. The van der Waals surface area contributed by atoms with Crippen LogP contribution in [0.4, 0.5) is 5.69 Å².